The average molecular weight is 247 g/mol. The van der Waals surface area contributed by atoms with Crippen molar-refractivity contribution in [1.82, 2.24) is 4.90 Å². The van der Waals surface area contributed by atoms with E-state index >= 15 is 0 Å². The molecule has 1 aliphatic rings. The van der Waals surface area contributed by atoms with Crippen LogP contribution in [0.15, 0.2) is 42.4 Å². The van der Waals surface area contributed by atoms with Crippen LogP contribution in [0.5, 0.6) is 0 Å². The van der Waals surface area contributed by atoms with E-state index < -0.39 is 0 Å². The van der Waals surface area contributed by atoms with Gasteiger partial charge in [0.2, 0.25) is 0 Å². The summed E-state index contributed by atoms with van der Waals surface area (Å²) in [5.74, 6) is 0.202. The fourth-order valence-electron chi connectivity index (χ4n) is 1.50. The molecule has 1 rings (SSSR count). The molecule has 0 radical (unpaired) electrons. The van der Waals surface area contributed by atoms with Gasteiger partial charge in [0.15, 0.2) is 0 Å². The van der Waals surface area contributed by atoms with E-state index in [1.807, 2.05) is 18.2 Å². The summed E-state index contributed by atoms with van der Waals surface area (Å²) in [4.78, 5) is 12.8. The zero-order valence-electron chi connectivity index (χ0n) is 11.1. The number of ether oxygens (including phenoxy) is 1. The Kier molecular flexibility index (Phi) is 6.67. The lowest BCUT2D eigenvalue weighted by Gasteiger charge is -2.17. The monoisotopic (exact) mass is 247 g/mol. The van der Waals surface area contributed by atoms with Gasteiger partial charge in [-0.2, -0.15) is 0 Å². The van der Waals surface area contributed by atoms with Crippen LogP contribution in [0.2, 0.25) is 0 Å². The molecular weight excluding hydrogens is 226 g/mol. The SMILES string of the molecule is CCCCC=C=CC1C=CN(C(=O)OCC)C=C1. The van der Waals surface area contributed by atoms with Crippen molar-refractivity contribution < 1.29 is 9.53 Å². The molecule has 0 saturated heterocycles. The first-order valence-electron chi connectivity index (χ1n) is 6.50. The molecule has 0 bridgehead atoms. The van der Waals surface area contributed by atoms with Gasteiger partial charge in [-0.3, -0.25) is 4.90 Å². The lowest BCUT2D eigenvalue weighted by molar-refractivity contribution is 0.133. The van der Waals surface area contributed by atoms with Crippen LogP contribution < -0.4 is 0 Å². The number of carbonyl (C=O) groups is 1. The number of allylic oxidation sites excluding steroid dienone is 3. The van der Waals surface area contributed by atoms with Crippen LogP contribution in [0.1, 0.15) is 33.1 Å². The number of rotatable bonds is 5. The Morgan fingerprint density at radius 1 is 1.39 bits per heavy atom. The zero-order chi connectivity index (χ0) is 13.2. The molecular formula is C15H21NO2. The van der Waals surface area contributed by atoms with Crippen LogP contribution >= 0.6 is 0 Å². The molecule has 18 heavy (non-hydrogen) atoms. The molecule has 0 atom stereocenters. The van der Waals surface area contributed by atoms with Crippen LogP contribution in [0.3, 0.4) is 0 Å². The summed E-state index contributed by atoms with van der Waals surface area (Å²) < 4.78 is 4.89. The van der Waals surface area contributed by atoms with Crippen molar-refractivity contribution >= 4 is 6.09 Å². The van der Waals surface area contributed by atoms with Crippen molar-refractivity contribution in [3.63, 3.8) is 0 Å². The summed E-state index contributed by atoms with van der Waals surface area (Å²) in [5, 5.41) is 0. The van der Waals surface area contributed by atoms with Gasteiger partial charge in [-0.25, -0.2) is 4.79 Å². The van der Waals surface area contributed by atoms with Crippen molar-refractivity contribution in [3.8, 4) is 0 Å². The predicted molar refractivity (Wildman–Crippen MR) is 72.8 cm³/mol. The predicted octanol–water partition coefficient (Wildman–Crippen LogP) is 4.00. The number of amides is 1. The summed E-state index contributed by atoms with van der Waals surface area (Å²) in [5.41, 5.74) is 3.17. The van der Waals surface area contributed by atoms with E-state index in [1.165, 1.54) is 17.7 Å². The highest BCUT2D eigenvalue weighted by atomic mass is 16.5. The highest BCUT2D eigenvalue weighted by Gasteiger charge is 2.11. The van der Waals surface area contributed by atoms with Crippen LogP contribution in [-0.2, 0) is 4.74 Å². The molecule has 0 unspecified atom stereocenters. The average Bonchev–Trinajstić information content (AvgIpc) is 2.39. The smallest absolute Gasteiger partial charge is 0.417 e. The summed E-state index contributed by atoms with van der Waals surface area (Å²) in [6, 6.07) is 0. The van der Waals surface area contributed by atoms with Gasteiger partial charge in [-0.05, 0) is 31.9 Å². The normalized spacial score (nSPS) is 14.2. The maximum atomic E-state index is 11.4. The van der Waals surface area contributed by atoms with Gasteiger partial charge in [-0.15, -0.1) is 5.73 Å². The first kappa shape index (κ1) is 14.3. The zero-order valence-corrected chi connectivity index (χ0v) is 11.1. The largest absolute Gasteiger partial charge is 0.449 e. The van der Waals surface area contributed by atoms with Crippen LogP contribution in [-0.4, -0.2) is 17.6 Å². The summed E-state index contributed by atoms with van der Waals surface area (Å²) in [7, 11) is 0. The molecule has 0 spiro atoms. The van der Waals surface area contributed by atoms with Gasteiger partial charge < -0.3 is 4.74 Å². The van der Waals surface area contributed by atoms with Crippen molar-refractivity contribution in [3.05, 3.63) is 42.4 Å². The minimum absolute atomic E-state index is 0.202. The van der Waals surface area contributed by atoms with Crippen LogP contribution in [0.25, 0.3) is 0 Å². The van der Waals surface area contributed by atoms with E-state index in [1.54, 1.807) is 19.3 Å². The molecule has 0 aromatic heterocycles. The summed E-state index contributed by atoms with van der Waals surface area (Å²) in [6.07, 6.45) is 14.5. The van der Waals surface area contributed by atoms with Gasteiger partial charge >= 0.3 is 6.09 Å². The highest BCUT2D eigenvalue weighted by Crippen LogP contribution is 2.12. The second kappa shape index (κ2) is 8.37. The molecule has 0 aromatic carbocycles. The molecule has 1 heterocycles. The molecule has 0 N–H and O–H groups in total. The molecule has 1 amide bonds. The Labute approximate surface area is 109 Å². The fraction of sp³-hybridized carbons (Fsp3) is 0.467. The minimum atomic E-state index is -0.342. The van der Waals surface area contributed by atoms with Crippen LogP contribution in [0.4, 0.5) is 4.79 Å². The van der Waals surface area contributed by atoms with Crippen molar-refractivity contribution in [2.45, 2.75) is 33.1 Å². The van der Waals surface area contributed by atoms with E-state index in [0.717, 1.165) is 6.42 Å². The molecule has 3 nitrogen and oxygen atoms in total. The lowest BCUT2D eigenvalue weighted by atomic mass is 10.1. The van der Waals surface area contributed by atoms with E-state index in [9.17, 15) is 4.79 Å². The van der Waals surface area contributed by atoms with Gasteiger partial charge in [-0.1, -0.05) is 25.5 Å². The Morgan fingerprint density at radius 3 is 2.72 bits per heavy atom. The lowest BCUT2D eigenvalue weighted by Crippen LogP contribution is -2.23. The minimum Gasteiger partial charge on any atom is -0.449 e. The number of carbonyl (C=O) groups excluding carboxylic acids is 1. The first-order chi connectivity index (χ1) is 8.77. The third-order valence-corrected chi connectivity index (χ3v) is 2.52. The van der Waals surface area contributed by atoms with Crippen molar-refractivity contribution in [2.75, 3.05) is 6.61 Å². The first-order valence-corrected chi connectivity index (χ1v) is 6.50. The number of hydrogen-bond donors (Lipinski definition) is 0. The molecule has 0 fully saturated rings. The van der Waals surface area contributed by atoms with Crippen LogP contribution in [0, 0.1) is 5.92 Å². The standard InChI is InChI=1S/C15H21NO2/c1-3-5-6-7-8-9-14-10-12-16(13-11-14)15(17)18-4-2/h7,9-14H,3-6H2,1-2H3. The molecule has 98 valence electrons. The summed E-state index contributed by atoms with van der Waals surface area (Å²) >= 11 is 0. The molecule has 1 aliphatic heterocycles. The van der Waals surface area contributed by atoms with Gasteiger partial charge in [0, 0.05) is 18.3 Å². The van der Waals surface area contributed by atoms with Crippen molar-refractivity contribution in [2.24, 2.45) is 5.92 Å². The number of nitrogens with zero attached hydrogens (tertiary/aromatic N) is 1. The molecule has 0 aromatic rings. The maximum absolute atomic E-state index is 11.4. The third-order valence-electron chi connectivity index (χ3n) is 2.52. The Balaban J connectivity index is 2.42. The maximum Gasteiger partial charge on any atom is 0.417 e. The molecule has 0 aliphatic carbocycles. The van der Waals surface area contributed by atoms with Gasteiger partial charge in [0.1, 0.15) is 0 Å². The van der Waals surface area contributed by atoms with E-state index in [-0.39, 0.29) is 12.0 Å². The second-order valence-corrected chi connectivity index (χ2v) is 4.05. The topological polar surface area (TPSA) is 29.5 Å². The van der Waals surface area contributed by atoms with E-state index in [4.69, 9.17) is 4.74 Å². The van der Waals surface area contributed by atoms with Gasteiger partial charge in [0.25, 0.3) is 0 Å². The third kappa shape index (κ3) is 5.07. The highest BCUT2D eigenvalue weighted by molar-refractivity contribution is 5.70. The number of hydrogen-bond acceptors (Lipinski definition) is 2. The molecule has 3 heteroatoms. The van der Waals surface area contributed by atoms with Crippen molar-refractivity contribution in [1.29, 1.82) is 0 Å². The van der Waals surface area contributed by atoms with E-state index in [2.05, 4.69) is 18.7 Å². The fourth-order valence-corrected chi connectivity index (χ4v) is 1.50. The Bertz CT molecular complexity index is 362. The quantitative estimate of drug-likeness (QED) is 0.543. The van der Waals surface area contributed by atoms with Gasteiger partial charge in [0.05, 0.1) is 6.61 Å². The summed E-state index contributed by atoms with van der Waals surface area (Å²) in [6.45, 7) is 4.36. The second-order valence-electron chi connectivity index (χ2n) is 4.05. The number of unbranched alkanes of at least 4 members (excludes halogenated alkanes) is 2. The van der Waals surface area contributed by atoms with E-state index in [0.29, 0.717) is 6.61 Å². The Morgan fingerprint density at radius 2 is 2.11 bits per heavy atom. The Hall–Kier alpha value is -1.73. The molecule has 0 saturated carbocycles.